The van der Waals surface area contributed by atoms with E-state index in [1.165, 1.54) is 6.33 Å². The van der Waals surface area contributed by atoms with Crippen LogP contribution in [0.2, 0.25) is 0 Å². The maximum atomic E-state index is 10.1. The van der Waals surface area contributed by atoms with Crippen LogP contribution in [-0.4, -0.2) is 52.8 Å². The molecule has 0 aliphatic rings. The molecule has 5 heteroatoms. The second-order valence-electron chi connectivity index (χ2n) is 4.63. The van der Waals surface area contributed by atoms with E-state index in [1.54, 1.807) is 6.92 Å². The lowest BCUT2D eigenvalue weighted by Crippen LogP contribution is -2.43. The molecule has 0 aromatic carbocycles. The van der Waals surface area contributed by atoms with Crippen molar-refractivity contribution < 1.29 is 5.11 Å². The number of hydrogen-bond acceptors (Lipinski definition) is 5. The molecule has 90 valence electrons. The summed E-state index contributed by atoms with van der Waals surface area (Å²) in [6.45, 7) is 4.77. The standard InChI is InChI=1S/C11H20N4O/c1-9-5-10(14-8-13-9)12-6-11(2,16)7-15(3)4/h5,8,16H,6-7H2,1-4H3,(H,12,13,14). The Balaban J connectivity index is 2.50. The number of nitrogens with one attached hydrogen (secondary N) is 1. The van der Waals surface area contributed by atoms with Crippen LogP contribution in [0, 0.1) is 6.92 Å². The predicted molar refractivity (Wildman–Crippen MR) is 64.4 cm³/mol. The Kier molecular flexibility index (Phi) is 4.20. The van der Waals surface area contributed by atoms with E-state index >= 15 is 0 Å². The summed E-state index contributed by atoms with van der Waals surface area (Å²) < 4.78 is 0. The lowest BCUT2D eigenvalue weighted by Gasteiger charge is -2.27. The van der Waals surface area contributed by atoms with Crippen molar-refractivity contribution in [2.24, 2.45) is 0 Å². The van der Waals surface area contributed by atoms with Crippen molar-refractivity contribution >= 4 is 5.82 Å². The predicted octanol–water partition coefficient (Wildman–Crippen LogP) is 0.510. The molecular formula is C11H20N4O. The van der Waals surface area contributed by atoms with Gasteiger partial charge >= 0.3 is 0 Å². The van der Waals surface area contributed by atoms with Gasteiger partial charge in [0, 0.05) is 24.8 Å². The van der Waals surface area contributed by atoms with Gasteiger partial charge in [-0.3, -0.25) is 0 Å². The molecular weight excluding hydrogens is 204 g/mol. The van der Waals surface area contributed by atoms with Crippen molar-refractivity contribution in [3.8, 4) is 0 Å². The molecule has 1 unspecified atom stereocenters. The summed E-state index contributed by atoms with van der Waals surface area (Å²) >= 11 is 0. The largest absolute Gasteiger partial charge is 0.387 e. The van der Waals surface area contributed by atoms with E-state index in [0.29, 0.717) is 13.1 Å². The molecule has 1 heterocycles. The van der Waals surface area contributed by atoms with E-state index in [2.05, 4.69) is 15.3 Å². The summed E-state index contributed by atoms with van der Waals surface area (Å²) in [6.07, 6.45) is 1.51. The SMILES string of the molecule is Cc1cc(NCC(C)(O)CN(C)C)ncn1. The van der Waals surface area contributed by atoms with Crippen LogP contribution in [0.4, 0.5) is 5.82 Å². The Morgan fingerprint density at radius 3 is 2.69 bits per heavy atom. The van der Waals surface area contributed by atoms with Gasteiger partial charge in [-0.05, 0) is 27.9 Å². The van der Waals surface area contributed by atoms with Gasteiger partial charge in [0.05, 0.1) is 5.60 Å². The number of anilines is 1. The fourth-order valence-corrected chi connectivity index (χ4v) is 1.57. The molecule has 16 heavy (non-hydrogen) atoms. The first-order valence-corrected chi connectivity index (χ1v) is 5.29. The van der Waals surface area contributed by atoms with E-state index in [9.17, 15) is 5.11 Å². The van der Waals surface area contributed by atoms with E-state index in [0.717, 1.165) is 11.5 Å². The molecule has 0 aliphatic carbocycles. The molecule has 0 amide bonds. The average Bonchev–Trinajstić information content (AvgIpc) is 2.13. The zero-order chi connectivity index (χ0) is 12.2. The normalized spacial score (nSPS) is 14.9. The van der Waals surface area contributed by atoms with Gasteiger partial charge in [-0.2, -0.15) is 0 Å². The molecule has 0 bridgehead atoms. The van der Waals surface area contributed by atoms with E-state index in [4.69, 9.17) is 0 Å². The summed E-state index contributed by atoms with van der Waals surface area (Å²) in [5.41, 5.74) is 0.132. The zero-order valence-corrected chi connectivity index (χ0v) is 10.4. The Bertz CT molecular complexity index is 339. The van der Waals surface area contributed by atoms with E-state index in [1.807, 2.05) is 32.0 Å². The lowest BCUT2D eigenvalue weighted by atomic mass is 10.1. The number of hydrogen-bond donors (Lipinski definition) is 2. The van der Waals surface area contributed by atoms with Crippen molar-refractivity contribution in [2.45, 2.75) is 19.4 Å². The fourth-order valence-electron chi connectivity index (χ4n) is 1.57. The van der Waals surface area contributed by atoms with Crippen LogP contribution in [0.25, 0.3) is 0 Å². The molecule has 5 nitrogen and oxygen atoms in total. The quantitative estimate of drug-likeness (QED) is 0.763. The average molecular weight is 224 g/mol. The number of rotatable bonds is 5. The second-order valence-corrected chi connectivity index (χ2v) is 4.63. The van der Waals surface area contributed by atoms with Crippen molar-refractivity contribution in [2.75, 3.05) is 32.5 Å². The zero-order valence-electron chi connectivity index (χ0n) is 10.4. The summed E-state index contributed by atoms with van der Waals surface area (Å²) in [5, 5.41) is 13.2. The van der Waals surface area contributed by atoms with Gasteiger partial charge in [0.25, 0.3) is 0 Å². The highest BCUT2D eigenvalue weighted by molar-refractivity contribution is 5.34. The number of aryl methyl sites for hydroxylation is 1. The Labute approximate surface area is 96.5 Å². The molecule has 1 rings (SSSR count). The summed E-state index contributed by atoms with van der Waals surface area (Å²) in [6, 6.07) is 1.85. The lowest BCUT2D eigenvalue weighted by molar-refractivity contribution is 0.0459. The van der Waals surface area contributed by atoms with Gasteiger partial charge in [0.1, 0.15) is 12.1 Å². The molecule has 0 saturated carbocycles. The molecule has 0 fully saturated rings. The first-order chi connectivity index (χ1) is 7.39. The van der Waals surface area contributed by atoms with Crippen LogP contribution in [-0.2, 0) is 0 Å². The van der Waals surface area contributed by atoms with Gasteiger partial charge in [-0.25, -0.2) is 9.97 Å². The van der Waals surface area contributed by atoms with Crippen LogP contribution in [0.15, 0.2) is 12.4 Å². The van der Waals surface area contributed by atoms with E-state index < -0.39 is 5.60 Å². The Morgan fingerprint density at radius 2 is 2.12 bits per heavy atom. The maximum absolute atomic E-state index is 10.1. The number of aromatic nitrogens is 2. The second kappa shape index (κ2) is 5.23. The van der Waals surface area contributed by atoms with Crippen molar-refractivity contribution in [1.29, 1.82) is 0 Å². The molecule has 1 aromatic rings. The van der Waals surface area contributed by atoms with Crippen LogP contribution >= 0.6 is 0 Å². The minimum Gasteiger partial charge on any atom is -0.387 e. The molecule has 0 aliphatic heterocycles. The van der Waals surface area contributed by atoms with Gasteiger partial charge in [0.15, 0.2) is 0 Å². The number of aliphatic hydroxyl groups is 1. The molecule has 0 spiro atoms. The minimum absolute atomic E-state index is 0.460. The topological polar surface area (TPSA) is 61.3 Å². The van der Waals surface area contributed by atoms with Gasteiger partial charge in [0.2, 0.25) is 0 Å². The molecule has 0 saturated heterocycles. The van der Waals surface area contributed by atoms with Crippen LogP contribution in [0.3, 0.4) is 0 Å². The fraction of sp³-hybridized carbons (Fsp3) is 0.636. The smallest absolute Gasteiger partial charge is 0.129 e. The van der Waals surface area contributed by atoms with Gasteiger partial charge in [-0.1, -0.05) is 0 Å². The highest BCUT2D eigenvalue weighted by atomic mass is 16.3. The van der Waals surface area contributed by atoms with Gasteiger partial charge < -0.3 is 15.3 Å². The summed E-state index contributed by atoms with van der Waals surface area (Å²) in [7, 11) is 3.87. The van der Waals surface area contributed by atoms with Crippen molar-refractivity contribution in [3.63, 3.8) is 0 Å². The Hall–Kier alpha value is -1.20. The third kappa shape index (κ3) is 4.55. The third-order valence-corrected chi connectivity index (χ3v) is 2.11. The van der Waals surface area contributed by atoms with E-state index in [-0.39, 0.29) is 0 Å². The first-order valence-electron chi connectivity index (χ1n) is 5.29. The summed E-state index contributed by atoms with van der Waals surface area (Å²) in [5.74, 6) is 0.742. The molecule has 0 radical (unpaired) electrons. The molecule has 2 N–H and O–H groups in total. The monoisotopic (exact) mass is 224 g/mol. The third-order valence-electron chi connectivity index (χ3n) is 2.11. The highest BCUT2D eigenvalue weighted by Gasteiger charge is 2.20. The van der Waals surface area contributed by atoms with Crippen molar-refractivity contribution in [3.05, 3.63) is 18.1 Å². The number of nitrogens with zero attached hydrogens (tertiary/aromatic N) is 3. The Morgan fingerprint density at radius 1 is 1.44 bits per heavy atom. The molecule has 1 atom stereocenters. The highest BCUT2D eigenvalue weighted by Crippen LogP contribution is 2.08. The van der Waals surface area contributed by atoms with Gasteiger partial charge in [-0.15, -0.1) is 0 Å². The maximum Gasteiger partial charge on any atom is 0.129 e. The molecule has 1 aromatic heterocycles. The summed E-state index contributed by atoms with van der Waals surface area (Å²) in [4.78, 5) is 10.0. The first kappa shape index (κ1) is 12.9. The number of likely N-dealkylation sites (N-methyl/N-ethyl adjacent to an activating group) is 1. The van der Waals surface area contributed by atoms with Crippen LogP contribution in [0.1, 0.15) is 12.6 Å². The minimum atomic E-state index is -0.775. The van der Waals surface area contributed by atoms with Crippen LogP contribution < -0.4 is 5.32 Å². The van der Waals surface area contributed by atoms with Crippen molar-refractivity contribution in [1.82, 2.24) is 14.9 Å². The van der Waals surface area contributed by atoms with Crippen LogP contribution in [0.5, 0.6) is 0 Å².